The highest BCUT2D eigenvalue weighted by molar-refractivity contribution is 5.65. The lowest BCUT2D eigenvalue weighted by molar-refractivity contribution is -0.388. The third kappa shape index (κ3) is 3.21. The van der Waals surface area contributed by atoms with Crippen molar-refractivity contribution in [3.63, 3.8) is 0 Å². The molecule has 2 rings (SSSR count). The second kappa shape index (κ2) is 5.94. The van der Waals surface area contributed by atoms with Crippen molar-refractivity contribution in [2.75, 3.05) is 18.0 Å². The van der Waals surface area contributed by atoms with Gasteiger partial charge in [-0.2, -0.15) is 0 Å². The molecule has 8 nitrogen and oxygen atoms in total. The minimum absolute atomic E-state index is 0.155. The van der Waals surface area contributed by atoms with Gasteiger partial charge in [0.2, 0.25) is 0 Å². The zero-order chi connectivity index (χ0) is 15.5. The Morgan fingerprint density at radius 2 is 2.24 bits per heavy atom. The van der Waals surface area contributed by atoms with Gasteiger partial charge in [-0.1, -0.05) is 6.92 Å². The zero-order valence-corrected chi connectivity index (χ0v) is 11.8. The normalized spacial score (nSPS) is 17.3. The van der Waals surface area contributed by atoms with Crippen molar-refractivity contribution < 1.29 is 14.5 Å². The molecule has 0 aliphatic carbocycles. The van der Waals surface area contributed by atoms with Crippen LogP contribution >= 0.6 is 0 Å². The lowest BCUT2D eigenvalue weighted by Gasteiger charge is -2.40. The molecule has 2 heterocycles. The van der Waals surface area contributed by atoms with Gasteiger partial charge in [-0.05, 0) is 28.5 Å². The highest BCUT2D eigenvalue weighted by atomic mass is 16.6. The maximum absolute atomic E-state index is 11.0. The number of carbonyl (C=O) groups excluding carboxylic acids is 1. The molecule has 0 bridgehead atoms. The summed E-state index contributed by atoms with van der Waals surface area (Å²) < 4.78 is 5.25. The van der Waals surface area contributed by atoms with Crippen molar-refractivity contribution in [3.8, 4) is 0 Å². The SMILES string of the molecule is CCC1(OC(N)=O)CCN(c2cccnc2[N+](=O)[O-])CC1. The Kier molecular flexibility index (Phi) is 4.25. The summed E-state index contributed by atoms with van der Waals surface area (Å²) >= 11 is 0. The number of amides is 1. The number of anilines is 1. The Morgan fingerprint density at radius 1 is 1.57 bits per heavy atom. The average molecular weight is 294 g/mol. The fourth-order valence-corrected chi connectivity index (χ4v) is 2.67. The van der Waals surface area contributed by atoms with Gasteiger partial charge >= 0.3 is 11.9 Å². The molecule has 0 radical (unpaired) electrons. The van der Waals surface area contributed by atoms with Crippen molar-refractivity contribution in [2.45, 2.75) is 31.8 Å². The van der Waals surface area contributed by atoms with Crippen molar-refractivity contribution in [2.24, 2.45) is 5.73 Å². The van der Waals surface area contributed by atoms with Crippen LogP contribution in [-0.4, -0.2) is 34.7 Å². The number of hydrogen-bond acceptors (Lipinski definition) is 6. The Labute approximate surface area is 122 Å². The van der Waals surface area contributed by atoms with Crippen LogP contribution in [0.25, 0.3) is 0 Å². The highest BCUT2D eigenvalue weighted by Crippen LogP contribution is 2.34. The van der Waals surface area contributed by atoms with E-state index in [2.05, 4.69) is 4.98 Å². The predicted octanol–water partition coefficient (Wildman–Crippen LogP) is 1.83. The highest BCUT2D eigenvalue weighted by Gasteiger charge is 2.37. The van der Waals surface area contributed by atoms with Gasteiger partial charge in [-0.15, -0.1) is 0 Å². The number of piperidine rings is 1. The largest absolute Gasteiger partial charge is 0.443 e. The number of nitro groups is 1. The first-order chi connectivity index (χ1) is 9.97. The molecule has 0 aromatic carbocycles. The molecule has 1 fully saturated rings. The summed E-state index contributed by atoms with van der Waals surface area (Å²) in [5.41, 5.74) is 5.04. The van der Waals surface area contributed by atoms with E-state index < -0.39 is 16.6 Å². The standard InChI is InChI=1S/C13H18N4O4/c1-2-13(21-12(14)18)5-8-16(9-6-13)10-4-3-7-15-11(10)17(19)20/h3-4,7H,2,5-6,8-9H2,1H3,(H2,14,18). The first-order valence-corrected chi connectivity index (χ1v) is 6.80. The van der Waals surface area contributed by atoms with E-state index in [1.807, 2.05) is 11.8 Å². The van der Waals surface area contributed by atoms with E-state index in [1.165, 1.54) is 6.20 Å². The van der Waals surface area contributed by atoms with Crippen LogP contribution in [-0.2, 0) is 4.74 Å². The van der Waals surface area contributed by atoms with Crippen LogP contribution in [0, 0.1) is 10.1 Å². The molecule has 0 unspecified atom stereocenters. The zero-order valence-electron chi connectivity index (χ0n) is 11.8. The summed E-state index contributed by atoms with van der Waals surface area (Å²) in [4.78, 5) is 27.3. The van der Waals surface area contributed by atoms with Crippen molar-refractivity contribution in [1.82, 2.24) is 4.98 Å². The molecule has 114 valence electrons. The van der Waals surface area contributed by atoms with Gasteiger partial charge in [0, 0.05) is 25.9 Å². The lowest BCUT2D eigenvalue weighted by atomic mass is 9.88. The van der Waals surface area contributed by atoms with E-state index in [-0.39, 0.29) is 5.82 Å². The summed E-state index contributed by atoms with van der Waals surface area (Å²) in [6.45, 7) is 3.03. The van der Waals surface area contributed by atoms with Crippen LogP contribution in [0.3, 0.4) is 0 Å². The molecule has 1 aromatic heterocycles. The van der Waals surface area contributed by atoms with Gasteiger partial charge in [0.25, 0.3) is 0 Å². The molecule has 1 aliphatic rings. The number of nitrogens with zero attached hydrogens (tertiary/aromatic N) is 3. The molecule has 2 N–H and O–H groups in total. The smallest absolute Gasteiger partial charge is 0.405 e. The quantitative estimate of drug-likeness (QED) is 0.669. The molecule has 1 amide bonds. The first kappa shape index (κ1) is 15.0. The summed E-state index contributed by atoms with van der Waals surface area (Å²) in [6.07, 6.45) is 2.45. The van der Waals surface area contributed by atoms with Crippen LogP contribution in [0.1, 0.15) is 26.2 Å². The Morgan fingerprint density at radius 3 is 2.76 bits per heavy atom. The van der Waals surface area contributed by atoms with Crippen LogP contribution < -0.4 is 10.6 Å². The molecule has 0 atom stereocenters. The molecule has 0 saturated carbocycles. The molecule has 1 aliphatic heterocycles. The number of pyridine rings is 1. The fourth-order valence-electron chi connectivity index (χ4n) is 2.67. The molecule has 1 aromatic rings. The second-order valence-corrected chi connectivity index (χ2v) is 5.05. The van der Waals surface area contributed by atoms with E-state index in [0.29, 0.717) is 38.0 Å². The number of carbonyl (C=O) groups is 1. The van der Waals surface area contributed by atoms with E-state index >= 15 is 0 Å². The third-order valence-electron chi connectivity index (χ3n) is 3.92. The fraction of sp³-hybridized carbons (Fsp3) is 0.538. The number of primary amides is 1. The molecular weight excluding hydrogens is 276 g/mol. The van der Waals surface area contributed by atoms with E-state index in [9.17, 15) is 14.9 Å². The maximum atomic E-state index is 11.0. The summed E-state index contributed by atoms with van der Waals surface area (Å²) in [5, 5.41) is 11.0. The van der Waals surface area contributed by atoms with Crippen LogP contribution in [0.2, 0.25) is 0 Å². The Hall–Kier alpha value is -2.38. The molecule has 8 heteroatoms. The van der Waals surface area contributed by atoms with Gasteiger partial charge in [-0.25, -0.2) is 4.79 Å². The lowest BCUT2D eigenvalue weighted by Crippen LogP contribution is -2.47. The van der Waals surface area contributed by atoms with Gasteiger partial charge < -0.3 is 25.5 Å². The second-order valence-electron chi connectivity index (χ2n) is 5.05. The monoisotopic (exact) mass is 294 g/mol. The number of ether oxygens (including phenoxy) is 1. The third-order valence-corrected chi connectivity index (χ3v) is 3.92. The van der Waals surface area contributed by atoms with Crippen molar-refractivity contribution in [3.05, 3.63) is 28.4 Å². The van der Waals surface area contributed by atoms with Gasteiger partial charge in [0.05, 0.1) is 0 Å². The van der Waals surface area contributed by atoms with Crippen LogP contribution in [0.15, 0.2) is 18.3 Å². The topological polar surface area (TPSA) is 112 Å². The Balaban J connectivity index is 2.14. The number of rotatable bonds is 4. The van der Waals surface area contributed by atoms with Gasteiger partial charge in [0.1, 0.15) is 17.5 Å². The summed E-state index contributed by atoms with van der Waals surface area (Å²) in [7, 11) is 0. The summed E-state index contributed by atoms with van der Waals surface area (Å²) in [5.74, 6) is -0.155. The van der Waals surface area contributed by atoms with Crippen molar-refractivity contribution >= 4 is 17.6 Å². The molecule has 0 spiro atoms. The van der Waals surface area contributed by atoms with Gasteiger partial charge in [-0.3, -0.25) is 0 Å². The van der Waals surface area contributed by atoms with Crippen LogP contribution in [0.4, 0.5) is 16.3 Å². The molecule has 21 heavy (non-hydrogen) atoms. The van der Waals surface area contributed by atoms with E-state index in [4.69, 9.17) is 10.5 Å². The summed E-state index contributed by atoms with van der Waals surface area (Å²) in [6, 6.07) is 3.35. The maximum Gasteiger partial charge on any atom is 0.405 e. The molecule has 1 saturated heterocycles. The van der Waals surface area contributed by atoms with E-state index in [0.717, 1.165) is 0 Å². The number of nitrogens with two attached hydrogens (primary N) is 1. The minimum Gasteiger partial charge on any atom is -0.443 e. The van der Waals surface area contributed by atoms with Gasteiger partial charge in [0.15, 0.2) is 0 Å². The van der Waals surface area contributed by atoms with E-state index in [1.54, 1.807) is 12.1 Å². The number of hydrogen-bond donors (Lipinski definition) is 1. The predicted molar refractivity (Wildman–Crippen MR) is 76.0 cm³/mol. The Bertz CT molecular complexity index is 541. The average Bonchev–Trinajstić information content (AvgIpc) is 2.47. The first-order valence-electron chi connectivity index (χ1n) is 6.80. The molecular formula is C13H18N4O4. The number of aromatic nitrogens is 1. The van der Waals surface area contributed by atoms with Crippen molar-refractivity contribution in [1.29, 1.82) is 0 Å². The van der Waals surface area contributed by atoms with Crippen LogP contribution in [0.5, 0.6) is 0 Å². The minimum atomic E-state index is -0.780.